The number of nitrogens with zero attached hydrogens (tertiary/aromatic N) is 1. The molecule has 4 heteroatoms. The Labute approximate surface area is 158 Å². The van der Waals surface area contributed by atoms with E-state index in [0.717, 1.165) is 45.6 Å². The zero-order valence-corrected chi connectivity index (χ0v) is 17.2. The molecule has 0 aromatic rings. The Bertz CT molecular complexity index is 228. The topological polar surface area (TPSA) is 67.3 Å². The van der Waals surface area contributed by atoms with Crippen LogP contribution in [0, 0.1) is 0 Å². The molecular formula is C21H48N4. The Balaban J connectivity index is 3.27. The quantitative estimate of drug-likeness (QED) is 0.273. The molecule has 0 rings (SSSR count). The molecule has 0 aliphatic heterocycles. The van der Waals surface area contributed by atoms with Crippen LogP contribution in [-0.4, -0.2) is 50.7 Å². The predicted molar refractivity (Wildman–Crippen MR) is 113 cm³/mol. The fourth-order valence-corrected chi connectivity index (χ4v) is 3.26. The van der Waals surface area contributed by atoms with Gasteiger partial charge in [0.2, 0.25) is 0 Å². The molecule has 0 aliphatic rings. The highest BCUT2D eigenvalue weighted by atomic mass is 15.1. The molecule has 0 radical (unpaired) electrons. The molecule has 0 aromatic carbocycles. The van der Waals surface area contributed by atoms with Crippen LogP contribution in [0.4, 0.5) is 0 Å². The molecule has 0 atom stereocenters. The Morgan fingerprint density at radius 1 is 0.560 bits per heavy atom. The first-order valence-electron chi connectivity index (χ1n) is 11.2. The van der Waals surface area contributed by atoms with Crippen LogP contribution < -0.4 is 16.8 Å². The summed E-state index contributed by atoms with van der Waals surface area (Å²) in [7, 11) is 0. The summed E-state index contributed by atoms with van der Waals surface area (Å²) in [6, 6.07) is 0. The van der Waals surface area contributed by atoms with Crippen molar-refractivity contribution in [2.45, 2.75) is 90.4 Å². The summed E-state index contributed by atoms with van der Waals surface area (Å²) < 4.78 is 0. The van der Waals surface area contributed by atoms with Crippen LogP contribution in [0.5, 0.6) is 0 Å². The first-order valence-corrected chi connectivity index (χ1v) is 11.2. The molecule has 25 heavy (non-hydrogen) atoms. The Morgan fingerprint density at radius 2 is 1.00 bits per heavy atom. The van der Waals surface area contributed by atoms with E-state index in [-0.39, 0.29) is 0 Å². The van der Waals surface area contributed by atoms with Gasteiger partial charge in [0.1, 0.15) is 0 Å². The second-order valence-electron chi connectivity index (χ2n) is 7.41. The van der Waals surface area contributed by atoms with Gasteiger partial charge in [0.15, 0.2) is 0 Å². The maximum Gasteiger partial charge on any atom is -0.000662 e. The molecule has 0 unspecified atom stereocenters. The monoisotopic (exact) mass is 356 g/mol. The lowest BCUT2D eigenvalue weighted by molar-refractivity contribution is 0.265. The van der Waals surface area contributed by atoms with Crippen LogP contribution in [-0.2, 0) is 0 Å². The molecule has 152 valence electrons. The van der Waals surface area contributed by atoms with Crippen LogP contribution in [0.3, 0.4) is 0 Å². The van der Waals surface area contributed by atoms with Gasteiger partial charge in [-0.1, -0.05) is 64.7 Å². The third-order valence-corrected chi connectivity index (χ3v) is 4.89. The molecule has 0 aliphatic carbocycles. The van der Waals surface area contributed by atoms with Gasteiger partial charge in [0.25, 0.3) is 0 Å². The Kier molecular flexibility index (Phi) is 21.7. The molecule has 0 saturated heterocycles. The smallest absolute Gasteiger partial charge is 0.000662 e. The van der Waals surface area contributed by atoms with Gasteiger partial charge in [-0.05, 0) is 71.5 Å². The van der Waals surface area contributed by atoms with Gasteiger partial charge < -0.3 is 21.7 Å². The summed E-state index contributed by atoms with van der Waals surface area (Å²) in [4.78, 5) is 2.52. The van der Waals surface area contributed by atoms with E-state index >= 15 is 0 Å². The van der Waals surface area contributed by atoms with E-state index in [1.807, 2.05) is 0 Å². The van der Waals surface area contributed by atoms with Crippen molar-refractivity contribution in [2.75, 3.05) is 45.8 Å². The van der Waals surface area contributed by atoms with Gasteiger partial charge in [-0.3, -0.25) is 0 Å². The van der Waals surface area contributed by atoms with Crippen molar-refractivity contribution in [3.63, 3.8) is 0 Å². The van der Waals surface area contributed by atoms with E-state index in [4.69, 9.17) is 11.5 Å². The summed E-state index contributed by atoms with van der Waals surface area (Å²) >= 11 is 0. The first kappa shape index (κ1) is 24.8. The molecule has 0 heterocycles. The summed E-state index contributed by atoms with van der Waals surface area (Å²) in [5, 5.41) is 3.60. The number of nitrogens with two attached hydrogens (primary N) is 2. The zero-order valence-electron chi connectivity index (χ0n) is 17.2. The second kappa shape index (κ2) is 21.9. The number of hydrogen-bond donors (Lipinski definition) is 3. The second-order valence-corrected chi connectivity index (χ2v) is 7.41. The minimum Gasteiger partial charge on any atom is -0.330 e. The third-order valence-electron chi connectivity index (χ3n) is 4.89. The molecular weight excluding hydrogens is 308 g/mol. The maximum atomic E-state index is 5.62. The number of nitrogens with one attached hydrogen (secondary N) is 1. The van der Waals surface area contributed by atoms with Crippen molar-refractivity contribution < 1.29 is 0 Å². The fourth-order valence-electron chi connectivity index (χ4n) is 3.26. The van der Waals surface area contributed by atoms with Gasteiger partial charge in [-0.25, -0.2) is 0 Å². The SMILES string of the molecule is CCCCCCCCCCCCNCCCN(CCCN)CCCN. The molecule has 0 amide bonds. The van der Waals surface area contributed by atoms with Crippen LogP contribution in [0.2, 0.25) is 0 Å². The van der Waals surface area contributed by atoms with Crippen molar-refractivity contribution >= 4 is 0 Å². The van der Waals surface area contributed by atoms with Crippen molar-refractivity contribution in [3.05, 3.63) is 0 Å². The molecule has 0 bridgehead atoms. The predicted octanol–water partition coefficient (Wildman–Crippen LogP) is 3.89. The molecule has 0 fully saturated rings. The molecule has 5 N–H and O–H groups in total. The molecule has 0 spiro atoms. The highest BCUT2D eigenvalue weighted by Crippen LogP contribution is 2.10. The zero-order chi connectivity index (χ0) is 18.4. The lowest BCUT2D eigenvalue weighted by Crippen LogP contribution is -2.31. The summed E-state index contributed by atoms with van der Waals surface area (Å²) in [6.07, 6.45) is 17.5. The highest BCUT2D eigenvalue weighted by molar-refractivity contribution is 4.61. The van der Waals surface area contributed by atoms with E-state index in [2.05, 4.69) is 17.1 Å². The normalized spacial score (nSPS) is 11.5. The maximum absolute atomic E-state index is 5.62. The van der Waals surface area contributed by atoms with Gasteiger partial charge >= 0.3 is 0 Å². The lowest BCUT2D eigenvalue weighted by Gasteiger charge is -2.21. The fraction of sp³-hybridized carbons (Fsp3) is 1.00. The van der Waals surface area contributed by atoms with Crippen LogP contribution in [0.15, 0.2) is 0 Å². The van der Waals surface area contributed by atoms with Crippen molar-refractivity contribution in [2.24, 2.45) is 11.5 Å². The van der Waals surface area contributed by atoms with E-state index in [1.54, 1.807) is 0 Å². The van der Waals surface area contributed by atoms with Crippen LogP contribution >= 0.6 is 0 Å². The number of hydrogen-bond acceptors (Lipinski definition) is 4. The Morgan fingerprint density at radius 3 is 1.52 bits per heavy atom. The van der Waals surface area contributed by atoms with E-state index in [1.165, 1.54) is 83.7 Å². The molecule has 4 nitrogen and oxygen atoms in total. The summed E-state index contributed by atoms with van der Waals surface area (Å²) in [5.74, 6) is 0. The molecule has 0 aromatic heterocycles. The largest absolute Gasteiger partial charge is 0.330 e. The minimum absolute atomic E-state index is 0.788. The standard InChI is InChI=1S/C21H48N4/c1-2-3-4-5-6-7-8-9-10-11-17-24-18-14-21-25(19-12-15-22)20-13-16-23/h24H,2-23H2,1H3. The van der Waals surface area contributed by atoms with Gasteiger partial charge in [-0.15, -0.1) is 0 Å². The van der Waals surface area contributed by atoms with Crippen molar-refractivity contribution in [3.8, 4) is 0 Å². The summed E-state index contributed by atoms with van der Waals surface area (Å²) in [5.41, 5.74) is 11.2. The van der Waals surface area contributed by atoms with Gasteiger partial charge in [0.05, 0.1) is 0 Å². The van der Waals surface area contributed by atoms with E-state index < -0.39 is 0 Å². The minimum atomic E-state index is 0.788. The van der Waals surface area contributed by atoms with Crippen molar-refractivity contribution in [1.82, 2.24) is 10.2 Å². The van der Waals surface area contributed by atoms with Crippen molar-refractivity contribution in [1.29, 1.82) is 0 Å². The molecule has 0 saturated carbocycles. The third kappa shape index (κ3) is 20.0. The van der Waals surface area contributed by atoms with E-state index in [0.29, 0.717) is 0 Å². The van der Waals surface area contributed by atoms with Crippen LogP contribution in [0.25, 0.3) is 0 Å². The highest BCUT2D eigenvalue weighted by Gasteiger charge is 2.03. The first-order chi connectivity index (χ1) is 12.3. The summed E-state index contributed by atoms with van der Waals surface area (Å²) in [6.45, 7) is 9.59. The van der Waals surface area contributed by atoms with Gasteiger partial charge in [0, 0.05) is 0 Å². The average Bonchev–Trinajstić information content (AvgIpc) is 2.63. The average molecular weight is 357 g/mol. The van der Waals surface area contributed by atoms with Gasteiger partial charge in [-0.2, -0.15) is 0 Å². The lowest BCUT2D eigenvalue weighted by atomic mass is 10.1. The number of unbranched alkanes of at least 4 members (excludes halogenated alkanes) is 9. The van der Waals surface area contributed by atoms with Crippen LogP contribution in [0.1, 0.15) is 90.4 Å². The Hall–Kier alpha value is -0.160. The van der Waals surface area contributed by atoms with E-state index in [9.17, 15) is 0 Å². The number of rotatable bonds is 21.